The summed E-state index contributed by atoms with van der Waals surface area (Å²) in [7, 11) is 1.62. The van der Waals surface area contributed by atoms with Crippen LogP contribution in [0.4, 0.5) is 0 Å². The highest BCUT2D eigenvalue weighted by atomic mass is 31.2. The molecule has 9 heteroatoms. The Morgan fingerprint density at radius 1 is 0.714 bits per heavy atom. The number of carbonyl (C=O) groups is 1. The third-order valence-corrected chi connectivity index (χ3v) is 8.84. The molecule has 0 heterocycles. The molecule has 0 aromatic carbocycles. The van der Waals surface area contributed by atoms with Gasteiger partial charge in [-0.05, 0) is 12.8 Å². The maximum Gasteiger partial charge on any atom is 0.472 e. The van der Waals surface area contributed by atoms with Gasteiger partial charge in [0.15, 0.2) is 0 Å². The summed E-state index contributed by atoms with van der Waals surface area (Å²) in [4.78, 5) is 22.9. The van der Waals surface area contributed by atoms with Crippen molar-refractivity contribution in [2.75, 3.05) is 40.9 Å². The van der Waals surface area contributed by atoms with E-state index in [1.54, 1.807) is 0 Å². The van der Waals surface area contributed by atoms with Crippen molar-refractivity contribution in [3.63, 3.8) is 0 Å². The van der Waals surface area contributed by atoms with E-state index in [2.05, 4.69) is 19.2 Å². The summed E-state index contributed by atoms with van der Waals surface area (Å²) >= 11 is 0. The molecule has 0 aromatic rings. The number of unbranched alkanes of at least 4 members (excludes halogenated alkanes) is 18. The molecule has 0 aliphatic carbocycles. The molecule has 42 heavy (non-hydrogen) atoms. The molecule has 0 rings (SSSR count). The Labute approximate surface area is 259 Å². The van der Waals surface area contributed by atoms with Crippen LogP contribution in [0.5, 0.6) is 0 Å². The van der Waals surface area contributed by atoms with Crippen LogP contribution < -0.4 is 5.32 Å². The quantitative estimate of drug-likeness (QED) is 0.0409. The number of nitrogens with one attached hydrogen (secondary N) is 1. The van der Waals surface area contributed by atoms with Gasteiger partial charge in [0, 0.05) is 6.42 Å². The smallest absolute Gasteiger partial charge is 0.391 e. The van der Waals surface area contributed by atoms with Gasteiger partial charge < -0.3 is 19.8 Å². The molecule has 0 saturated carbocycles. The second-order valence-corrected chi connectivity index (χ2v) is 14.7. The van der Waals surface area contributed by atoms with E-state index < -0.39 is 20.0 Å². The molecular weight excluding hydrogens is 551 g/mol. The predicted molar refractivity (Wildman–Crippen MR) is 175 cm³/mol. The summed E-state index contributed by atoms with van der Waals surface area (Å²) in [5.74, 6) is -0.149. The van der Waals surface area contributed by atoms with Crippen molar-refractivity contribution in [1.29, 1.82) is 0 Å². The van der Waals surface area contributed by atoms with Crippen molar-refractivity contribution in [1.82, 2.24) is 5.32 Å². The van der Waals surface area contributed by atoms with E-state index in [0.29, 0.717) is 23.9 Å². The standard InChI is InChI=1S/C33H69N2O6P/c1-6-8-10-12-14-16-18-20-22-24-26-32(36)31(30-41-42(38,39)40-29-28-35(3,4)5)34-33(37)27-25-23-21-19-17-15-13-11-9-7-2/h31-32,36H,6-30H2,1-5H3,(H-,34,37,38,39)/p+1/t31-,32+/m0/s1. The number of aliphatic hydroxyl groups is 1. The second-order valence-electron chi connectivity index (χ2n) is 13.3. The number of rotatable bonds is 31. The van der Waals surface area contributed by atoms with E-state index in [1.165, 1.54) is 89.9 Å². The highest BCUT2D eigenvalue weighted by Crippen LogP contribution is 2.43. The molecule has 0 fully saturated rings. The summed E-state index contributed by atoms with van der Waals surface area (Å²) in [5, 5.41) is 13.8. The van der Waals surface area contributed by atoms with E-state index in [1.807, 2.05) is 21.1 Å². The first-order valence-corrected chi connectivity index (χ1v) is 18.9. The molecule has 0 aromatic heterocycles. The van der Waals surface area contributed by atoms with Gasteiger partial charge in [0.2, 0.25) is 5.91 Å². The summed E-state index contributed by atoms with van der Waals surface area (Å²) in [5.41, 5.74) is 0. The van der Waals surface area contributed by atoms with Gasteiger partial charge in [-0.3, -0.25) is 13.8 Å². The first-order chi connectivity index (χ1) is 20.0. The summed E-state index contributed by atoms with van der Waals surface area (Å²) < 4.78 is 23.4. The average Bonchev–Trinajstić information content (AvgIpc) is 2.92. The molecule has 0 spiro atoms. The zero-order chi connectivity index (χ0) is 31.5. The number of phosphoric ester groups is 1. The Kier molecular flexibility index (Phi) is 26.5. The molecular formula is C33H70N2O6P+. The fourth-order valence-corrected chi connectivity index (χ4v) is 5.72. The number of phosphoric acid groups is 1. The topological polar surface area (TPSA) is 105 Å². The molecule has 0 bridgehead atoms. The molecule has 252 valence electrons. The van der Waals surface area contributed by atoms with Gasteiger partial charge in [0.05, 0.1) is 39.9 Å². The molecule has 8 nitrogen and oxygen atoms in total. The monoisotopic (exact) mass is 621 g/mol. The third kappa shape index (κ3) is 28.3. The first kappa shape index (κ1) is 41.5. The lowest BCUT2D eigenvalue weighted by molar-refractivity contribution is -0.870. The van der Waals surface area contributed by atoms with Crippen LogP contribution >= 0.6 is 7.82 Å². The molecule has 1 unspecified atom stereocenters. The number of likely N-dealkylation sites (N-methyl/N-ethyl adjacent to an activating group) is 1. The predicted octanol–water partition coefficient (Wildman–Crippen LogP) is 8.29. The molecule has 3 N–H and O–H groups in total. The summed E-state index contributed by atoms with van der Waals surface area (Å²) in [6.07, 6.45) is 24.1. The highest BCUT2D eigenvalue weighted by Gasteiger charge is 2.28. The molecule has 0 aliphatic rings. The Hall–Kier alpha value is -0.500. The van der Waals surface area contributed by atoms with Crippen LogP contribution in [0.2, 0.25) is 0 Å². The van der Waals surface area contributed by atoms with Crippen LogP contribution in [0.1, 0.15) is 155 Å². The van der Waals surface area contributed by atoms with Crippen LogP contribution in [-0.2, 0) is 18.4 Å². The molecule has 3 atom stereocenters. The molecule has 0 radical (unpaired) electrons. The van der Waals surface area contributed by atoms with Gasteiger partial charge in [-0.25, -0.2) is 4.57 Å². The van der Waals surface area contributed by atoms with E-state index in [4.69, 9.17) is 9.05 Å². The van der Waals surface area contributed by atoms with Gasteiger partial charge in [-0.2, -0.15) is 0 Å². The van der Waals surface area contributed by atoms with Crippen molar-refractivity contribution >= 4 is 13.7 Å². The maximum absolute atomic E-state index is 12.7. The lowest BCUT2D eigenvalue weighted by Crippen LogP contribution is -2.46. The first-order valence-electron chi connectivity index (χ1n) is 17.4. The summed E-state index contributed by atoms with van der Waals surface area (Å²) in [6.45, 7) is 4.83. The van der Waals surface area contributed by atoms with E-state index in [9.17, 15) is 19.4 Å². The van der Waals surface area contributed by atoms with E-state index in [-0.39, 0.29) is 19.1 Å². The van der Waals surface area contributed by atoms with Gasteiger partial charge in [-0.15, -0.1) is 0 Å². The lowest BCUT2D eigenvalue weighted by Gasteiger charge is -2.26. The minimum absolute atomic E-state index is 0.0776. The summed E-state index contributed by atoms with van der Waals surface area (Å²) in [6, 6.07) is -0.748. The van der Waals surface area contributed by atoms with Crippen LogP contribution in [0.25, 0.3) is 0 Å². The molecule has 0 aliphatic heterocycles. The SMILES string of the molecule is CCCCCCCCCCCCC(=O)N[C@@H](COP(=O)(O)OCC[N+](C)(C)C)[C@H](O)CCCCCCCCCCCC. The number of amides is 1. The molecule has 1 amide bonds. The van der Waals surface area contributed by atoms with Crippen LogP contribution in [0.3, 0.4) is 0 Å². The lowest BCUT2D eigenvalue weighted by atomic mass is 10.0. The minimum atomic E-state index is -4.29. The van der Waals surface area contributed by atoms with Gasteiger partial charge in [0.1, 0.15) is 13.2 Å². The third-order valence-electron chi connectivity index (χ3n) is 7.86. The van der Waals surface area contributed by atoms with Crippen molar-refractivity contribution < 1.29 is 32.9 Å². The number of hydrogen-bond donors (Lipinski definition) is 3. The van der Waals surface area contributed by atoms with Crippen LogP contribution in [0, 0.1) is 0 Å². The zero-order valence-electron chi connectivity index (χ0n) is 28.3. The zero-order valence-corrected chi connectivity index (χ0v) is 29.1. The van der Waals surface area contributed by atoms with Crippen molar-refractivity contribution in [2.45, 2.75) is 167 Å². The van der Waals surface area contributed by atoms with Gasteiger partial charge >= 0.3 is 7.82 Å². The van der Waals surface area contributed by atoms with Crippen molar-refractivity contribution in [3.05, 3.63) is 0 Å². The fraction of sp³-hybridized carbons (Fsp3) is 0.970. The normalized spacial score (nSPS) is 14.9. The maximum atomic E-state index is 12.7. The van der Waals surface area contributed by atoms with Crippen molar-refractivity contribution in [2.24, 2.45) is 0 Å². The highest BCUT2D eigenvalue weighted by molar-refractivity contribution is 7.47. The van der Waals surface area contributed by atoms with Gasteiger partial charge in [0.25, 0.3) is 0 Å². The Morgan fingerprint density at radius 3 is 1.60 bits per heavy atom. The average molecular weight is 622 g/mol. The number of nitrogens with zero attached hydrogens (tertiary/aromatic N) is 1. The molecule has 0 saturated heterocycles. The number of quaternary nitrogens is 1. The number of hydrogen-bond acceptors (Lipinski definition) is 5. The largest absolute Gasteiger partial charge is 0.472 e. The van der Waals surface area contributed by atoms with E-state index in [0.717, 1.165) is 38.5 Å². The Bertz CT molecular complexity index is 673. The van der Waals surface area contributed by atoms with Crippen LogP contribution in [-0.4, -0.2) is 73.4 Å². The second kappa shape index (κ2) is 26.9. The Morgan fingerprint density at radius 2 is 1.14 bits per heavy atom. The van der Waals surface area contributed by atoms with E-state index >= 15 is 0 Å². The fourth-order valence-electron chi connectivity index (χ4n) is 4.98. The van der Waals surface area contributed by atoms with Crippen molar-refractivity contribution in [3.8, 4) is 0 Å². The van der Waals surface area contributed by atoms with Gasteiger partial charge in [-0.1, -0.05) is 136 Å². The Balaban J connectivity index is 4.53. The van der Waals surface area contributed by atoms with Crippen LogP contribution in [0.15, 0.2) is 0 Å². The number of carbonyl (C=O) groups excluding carboxylic acids is 1. The minimum Gasteiger partial charge on any atom is -0.391 e. The number of aliphatic hydroxyl groups excluding tert-OH is 1.